The molecule has 0 radical (unpaired) electrons. The van der Waals surface area contributed by atoms with E-state index in [1.165, 1.54) is 17.0 Å². The molecule has 1 aliphatic heterocycles. The Labute approximate surface area is 159 Å². The fourth-order valence-electron chi connectivity index (χ4n) is 3.12. The predicted octanol–water partition coefficient (Wildman–Crippen LogP) is 3.54. The summed E-state index contributed by atoms with van der Waals surface area (Å²) in [5.74, 6) is -2.09. The van der Waals surface area contributed by atoms with E-state index in [1.807, 2.05) is 0 Å². The van der Waals surface area contributed by atoms with E-state index in [1.54, 1.807) is 22.9 Å². The summed E-state index contributed by atoms with van der Waals surface area (Å²) in [5, 5.41) is 4.42. The van der Waals surface area contributed by atoms with Crippen LogP contribution in [-0.4, -0.2) is 27.1 Å². The van der Waals surface area contributed by atoms with Gasteiger partial charge in [-0.15, -0.1) is 0 Å². The van der Waals surface area contributed by atoms with E-state index in [9.17, 15) is 18.0 Å². The Kier molecular flexibility index (Phi) is 4.77. The molecule has 3 aromatic rings. The van der Waals surface area contributed by atoms with Crippen LogP contribution < -0.4 is 4.74 Å². The number of aromatic nitrogens is 2. The molecule has 0 saturated carbocycles. The first-order valence-electron chi connectivity index (χ1n) is 8.68. The van der Waals surface area contributed by atoms with Crippen molar-refractivity contribution in [3.05, 3.63) is 82.9 Å². The van der Waals surface area contributed by atoms with Crippen LogP contribution in [0.1, 0.15) is 21.7 Å². The second-order valence-corrected chi connectivity index (χ2v) is 6.45. The van der Waals surface area contributed by atoms with Gasteiger partial charge in [0.25, 0.3) is 5.91 Å². The van der Waals surface area contributed by atoms with Gasteiger partial charge in [-0.25, -0.2) is 13.2 Å². The Morgan fingerprint density at radius 1 is 1.04 bits per heavy atom. The number of hydrogen-bond acceptors (Lipinski definition) is 3. The summed E-state index contributed by atoms with van der Waals surface area (Å²) >= 11 is 0. The Balaban J connectivity index is 1.45. The number of fused-ring (bicyclic) bond motifs is 1. The number of carbonyl (C=O) groups is 1. The molecule has 2 heterocycles. The third-order valence-electron chi connectivity index (χ3n) is 4.48. The Hall–Kier alpha value is -3.29. The molecular formula is C20H16F3N3O2. The zero-order valence-corrected chi connectivity index (χ0v) is 14.7. The molecule has 144 valence electrons. The first kappa shape index (κ1) is 18.1. The van der Waals surface area contributed by atoms with Crippen LogP contribution in [0.3, 0.4) is 0 Å². The topological polar surface area (TPSA) is 47.4 Å². The highest BCUT2D eigenvalue weighted by Crippen LogP contribution is 2.20. The van der Waals surface area contributed by atoms with Gasteiger partial charge < -0.3 is 9.64 Å². The van der Waals surface area contributed by atoms with Crippen LogP contribution in [0.4, 0.5) is 13.2 Å². The van der Waals surface area contributed by atoms with Crippen molar-refractivity contribution in [2.24, 2.45) is 0 Å². The molecule has 0 atom stereocenters. The summed E-state index contributed by atoms with van der Waals surface area (Å²) in [4.78, 5) is 14.1. The van der Waals surface area contributed by atoms with Crippen LogP contribution in [0.15, 0.2) is 48.5 Å². The van der Waals surface area contributed by atoms with Crippen molar-refractivity contribution in [1.29, 1.82) is 0 Å². The van der Waals surface area contributed by atoms with Crippen LogP contribution >= 0.6 is 0 Å². The molecular weight excluding hydrogens is 371 g/mol. The number of hydrogen-bond donors (Lipinski definition) is 0. The number of ether oxygens (including phenoxy) is 1. The minimum Gasteiger partial charge on any atom is -0.487 e. The summed E-state index contributed by atoms with van der Waals surface area (Å²) in [6.07, 6.45) is 0. The summed E-state index contributed by atoms with van der Waals surface area (Å²) in [6, 6.07) is 10.5. The maximum absolute atomic E-state index is 13.9. The molecule has 2 aromatic carbocycles. The van der Waals surface area contributed by atoms with Crippen LogP contribution in [0.5, 0.6) is 5.75 Å². The Morgan fingerprint density at radius 2 is 1.86 bits per heavy atom. The third kappa shape index (κ3) is 3.71. The molecule has 1 aliphatic rings. The third-order valence-corrected chi connectivity index (χ3v) is 4.48. The number of halogens is 3. The molecule has 8 heteroatoms. The van der Waals surface area contributed by atoms with Crippen molar-refractivity contribution in [2.75, 3.05) is 6.54 Å². The summed E-state index contributed by atoms with van der Waals surface area (Å²) < 4.78 is 47.5. The molecule has 0 aliphatic carbocycles. The first-order chi connectivity index (χ1) is 13.5. The maximum Gasteiger partial charge on any atom is 0.257 e. The summed E-state index contributed by atoms with van der Waals surface area (Å²) in [6.45, 7) is 1.21. The van der Waals surface area contributed by atoms with Crippen LogP contribution in [-0.2, 0) is 19.7 Å². The highest BCUT2D eigenvalue weighted by molar-refractivity contribution is 5.94. The van der Waals surface area contributed by atoms with E-state index in [0.717, 1.165) is 17.8 Å². The van der Waals surface area contributed by atoms with Crippen LogP contribution in [0, 0.1) is 17.5 Å². The monoisotopic (exact) mass is 387 g/mol. The molecule has 0 saturated heterocycles. The lowest BCUT2D eigenvalue weighted by Gasteiger charge is -2.27. The van der Waals surface area contributed by atoms with Gasteiger partial charge in [-0.1, -0.05) is 6.07 Å². The van der Waals surface area contributed by atoms with Gasteiger partial charge in [0.05, 0.1) is 24.3 Å². The van der Waals surface area contributed by atoms with E-state index < -0.39 is 17.5 Å². The Morgan fingerprint density at radius 3 is 2.64 bits per heavy atom. The van der Waals surface area contributed by atoms with E-state index in [0.29, 0.717) is 30.6 Å². The smallest absolute Gasteiger partial charge is 0.257 e. The minimum atomic E-state index is -0.881. The summed E-state index contributed by atoms with van der Waals surface area (Å²) in [5.41, 5.74) is 1.26. The number of amides is 1. The van der Waals surface area contributed by atoms with Crippen molar-refractivity contribution in [3.63, 3.8) is 0 Å². The van der Waals surface area contributed by atoms with Gasteiger partial charge in [0.15, 0.2) is 0 Å². The fourth-order valence-corrected chi connectivity index (χ4v) is 3.12. The van der Waals surface area contributed by atoms with Crippen molar-refractivity contribution < 1.29 is 22.7 Å². The second-order valence-electron chi connectivity index (χ2n) is 6.45. The lowest BCUT2D eigenvalue weighted by Crippen LogP contribution is -2.38. The van der Waals surface area contributed by atoms with Gasteiger partial charge in [0.2, 0.25) is 0 Å². The maximum atomic E-state index is 13.9. The second kappa shape index (κ2) is 7.38. The van der Waals surface area contributed by atoms with Gasteiger partial charge in [-0.05, 0) is 30.3 Å². The van der Waals surface area contributed by atoms with Crippen molar-refractivity contribution in [3.8, 4) is 5.75 Å². The number of nitrogens with zero attached hydrogens (tertiary/aromatic N) is 3. The average Bonchev–Trinajstić information content (AvgIpc) is 3.08. The lowest BCUT2D eigenvalue weighted by molar-refractivity contribution is 0.0701. The van der Waals surface area contributed by atoms with Gasteiger partial charge in [0, 0.05) is 18.7 Å². The highest BCUT2D eigenvalue weighted by atomic mass is 19.1. The fraction of sp³-hybridized carbons (Fsp3) is 0.200. The van der Waals surface area contributed by atoms with E-state index in [2.05, 4.69) is 5.10 Å². The predicted molar refractivity (Wildman–Crippen MR) is 94.1 cm³/mol. The molecule has 5 nitrogen and oxygen atoms in total. The number of carbonyl (C=O) groups excluding carboxylic acids is 1. The highest BCUT2D eigenvalue weighted by Gasteiger charge is 2.25. The van der Waals surface area contributed by atoms with Crippen molar-refractivity contribution in [1.82, 2.24) is 14.7 Å². The number of benzene rings is 2. The first-order valence-corrected chi connectivity index (χ1v) is 8.68. The normalized spacial score (nSPS) is 13.3. The largest absolute Gasteiger partial charge is 0.487 e. The van der Waals surface area contributed by atoms with E-state index in [4.69, 9.17) is 4.74 Å². The SMILES string of the molecule is O=C(c1ccc(F)cc1F)N1CCn2nc(COc3cccc(F)c3)cc2C1. The molecule has 0 N–H and O–H groups in total. The zero-order valence-electron chi connectivity index (χ0n) is 14.7. The minimum absolute atomic E-state index is 0.157. The van der Waals surface area contributed by atoms with Gasteiger partial charge in [-0.3, -0.25) is 9.48 Å². The molecule has 1 amide bonds. The van der Waals surface area contributed by atoms with Crippen LogP contribution in [0.2, 0.25) is 0 Å². The molecule has 0 bridgehead atoms. The van der Waals surface area contributed by atoms with Crippen molar-refractivity contribution in [2.45, 2.75) is 19.7 Å². The molecule has 1 aromatic heterocycles. The molecule has 4 rings (SSSR count). The Bertz CT molecular complexity index is 1040. The quantitative estimate of drug-likeness (QED) is 0.688. The van der Waals surface area contributed by atoms with Gasteiger partial charge in [-0.2, -0.15) is 5.10 Å². The van der Waals surface area contributed by atoms with Gasteiger partial charge >= 0.3 is 0 Å². The summed E-state index contributed by atoms with van der Waals surface area (Å²) in [7, 11) is 0. The molecule has 0 unspecified atom stereocenters. The molecule has 0 fully saturated rings. The van der Waals surface area contributed by atoms with E-state index >= 15 is 0 Å². The van der Waals surface area contributed by atoms with Crippen LogP contribution in [0.25, 0.3) is 0 Å². The van der Waals surface area contributed by atoms with E-state index in [-0.39, 0.29) is 24.5 Å². The average molecular weight is 387 g/mol. The zero-order chi connectivity index (χ0) is 19.7. The van der Waals surface area contributed by atoms with Crippen molar-refractivity contribution >= 4 is 5.91 Å². The standard InChI is InChI=1S/C20H16F3N3O2/c21-13-2-1-3-17(8-13)28-12-15-10-16-11-25(6-7-26(16)24-15)20(27)18-5-4-14(22)9-19(18)23/h1-5,8-10H,6-7,11-12H2. The molecule has 0 spiro atoms. The molecule has 28 heavy (non-hydrogen) atoms. The lowest BCUT2D eigenvalue weighted by atomic mass is 10.1. The van der Waals surface area contributed by atoms with Gasteiger partial charge in [0.1, 0.15) is 35.5 Å². The number of rotatable bonds is 4.